The highest BCUT2D eigenvalue weighted by atomic mass is 32.1. The molecule has 0 saturated carbocycles. The quantitative estimate of drug-likeness (QED) is 0.551. The van der Waals surface area contributed by atoms with E-state index in [-0.39, 0.29) is 12.0 Å². The Morgan fingerprint density at radius 3 is 2.59 bits per heavy atom. The largest absolute Gasteiger partial charge is 0.468 e. The third-order valence-electron chi connectivity index (χ3n) is 2.33. The molecule has 0 fully saturated rings. The first-order valence-corrected chi connectivity index (χ1v) is 6.19. The van der Waals surface area contributed by atoms with E-state index in [0.717, 1.165) is 4.88 Å². The molecule has 3 nitrogen and oxygen atoms in total. The van der Waals surface area contributed by atoms with Gasteiger partial charge < -0.3 is 4.74 Å². The smallest absolute Gasteiger partial charge is 0.328 e. The van der Waals surface area contributed by atoms with Gasteiger partial charge in [-0.3, -0.25) is 4.90 Å². The number of hydrogen-bond donors (Lipinski definition) is 0. The molecule has 0 N–H and O–H groups in total. The van der Waals surface area contributed by atoms with Crippen molar-refractivity contribution in [2.75, 3.05) is 20.2 Å². The molecule has 17 heavy (non-hydrogen) atoms. The summed E-state index contributed by atoms with van der Waals surface area (Å²) >= 11 is 1.54. The van der Waals surface area contributed by atoms with Crippen LogP contribution in [-0.2, 0) is 9.53 Å². The summed E-state index contributed by atoms with van der Waals surface area (Å²) in [6.07, 6.45) is 3.54. The van der Waals surface area contributed by atoms with E-state index in [4.69, 9.17) is 4.74 Å². The fraction of sp³-hybridized carbons (Fsp3) is 0.308. The summed E-state index contributed by atoms with van der Waals surface area (Å²) < 4.78 is 4.87. The van der Waals surface area contributed by atoms with Gasteiger partial charge in [0, 0.05) is 18.0 Å². The zero-order chi connectivity index (χ0) is 12.7. The first-order chi connectivity index (χ1) is 8.24. The molecule has 1 rings (SSSR count). The monoisotopic (exact) mass is 251 g/mol. The van der Waals surface area contributed by atoms with Crippen LogP contribution in [0.4, 0.5) is 0 Å². The molecule has 1 heterocycles. The van der Waals surface area contributed by atoms with Gasteiger partial charge in [0.05, 0.1) is 7.11 Å². The number of thiophene rings is 1. The lowest BCUT2D eigenvalue weighted by Crippen LogP contribution is -2.34. The number of rotatable bonds is 7. The molecule has 1 atom stereocenters. The number of ether oxygens (including phenoxy) is 1. The molecule has 0 aliphatic heterocycles. The van der Waals surface area contributed by atoms with Crippen molar-refractivity contribution in [2.24, 2.45) is 0 Å². The van der Waals surface area contributed by atoms with Gasteiger partial charge in [-0.1, -0.05) is 18.2 Å². The highest BCUT2D eigenvalue weighted by Gasteiger charge is 2.27. The van der Waals surface area contributed by atoms with Crippen LogP contribution in [0.1, 0.15) is 10.9 Å². The number of esters is 1. The Hall–Kier alpha value is -1.39. The molecule has 0 saturated heterocycles. The molecule has 92 valence electrons. The molecular weight excluding hydrogens is 234 g/mol. The van der Waals surface area contributed by atoms with E-state index in [9.17, 15) is 4.79 Å². The van der Waals surface area contributed by atoms with Crippen LogP contribution in [0.3, 0.4) is 0 Å². The highest BCUT2D eigenvalue weighted by Crippen LogP contribution is 2.26. The third-order valence-corrected chi connectivity index (χ3v) is 3.25. The normalized spacial score (nSPS) is 12.1. The summed E-state index contributed by atoms with van der Waals surface area (Å²) in [4.78, 5) is 14.8. The van der Waals surface area contributed by atoms with Crippen LogP contribution in [0.15, 0.2) is 42.8 Å². The maximum absolute atomic E-state index is 11.9. The van der Waals surface area contributed by atoms with Crippen LogP contribution in [0.2, 0.25) is 0 Å². The summed E-state index contributed by atoms with van der Waals surface area (Å²) in [5, 5.41) is 1.95. The van der Waals surface area contributed by atoms with Crippen molar-refractivity contribution in [1.82, 2.24) is 4.90 Å². The first-order valence-electron chi connectivity index (χ1n) is 5.31. The van der Waals surface area contributed by atoms with Crippen LogP contribution < -0.4 is 0 Å². The Morgan fingerprint density at radius 1 is 1.53 bits per heavy atom. The second kappa shape index (κ2) is 7.04. The van der Waals surface area contributed by atoms with Gasteiger partial charge in [0.1, 0.15) is 6.04 Å². The molecular formula is C13H17NO2S. The first kappa shape index (κ1) is 13.7. The predicted octanol–water partition coefficient (Wildman–Crippen LogP) is 2.64. The molecule has 1 aromatic rings. The lowest BCUT2D eigenvalue weighted by molar-refractivity contribution is -0.146. The molecule has 1 unspecified atom stereocenters. The number of hydrogen-bond acceptors (Lipinski definition) is 4. The van der Waals surface area contributed by atoms with Gasteiger partial charge in [0.15, 0.2) is 0 Å². The van der Waals surface area contributed by atoms with Crippen molar-refractivity contribution in [2.45, 2.75) is 6.04 Å². The fourth-order valence-corrected chi connectivity index (χ4v) is 2.47. The van der Waals surface area contributed by atoms with Gasteiger partial charge in [-0.05, 0) is 11.4 Å². The summed E-state index contributed by atoms with van der Waals surface area (Å²) in [5.74, 6) is -0.254. The van der Waals surface area contributed by atoms with Crippen molar-refractivity contribution < 1.29 is 9.53 Å². The second-order valence-electron chi connectivity index (χ2n) is 3.47. The number of carbonyl (C=O) groups is 1. The molecule has 1 aromatic heterocycles. The lowest BCUT2D eigenvalue weighted by atomic mass is 10.2. The molecule has 0 aliphatic rings. The van der Waals surface area contributed by atoms with Crippen LogP contribution >= 0.6 is 11.3 Å². The molecule has 0 aliphatic carbocycles. The zero-order valence-corrected chi connectivity index (χ0v) is 10.8. The average Bonchev–Trinajstić information content (AvgIpc) is 2.83. The summed E-state index contributed by atoms with van der Waals surface area (Å²) in [6.45, 7) is 8.64. The van der Waals surface area contributed by atoms with Crippen molar-refractivity contribution in [3.63, 3.8) is 0 Å². The molecule has 0 spiro atoms. The maximum atomic E-state index is 11.9. The zero-order valence-electron chi connectivity index (χ0n) is 9.96. The SMILES string of the molecule is C=CCN(CC=C)C(C(=O)OC)c1cccs1. The molecule has 0 amide bonds. The summed E-state index contributed by atoms with van der Waals surface area (Å²) in [7, 11) is 1.41. The van der Waals surface area contributed by atoms with Crippen LogP contribution in [0.25, 0.3) is 0 Å². The van der Waals surface area contributed by atoms with Crippen molar-refractivity contribution >= 4 is 17.3 Å². The number of methoxy groups -OCH3 is 1. The van der Waals surface area contributed by atoms with Crippen LogP contribution in [0, 0.1) is 0 Å². The highest BCUT2D eigenvalue weighted by molar-refractivity contribution is 7.10. The topological polar surface area (TPSA) is 29.5 Å². The number of nitrogens with zero attached hydrogens (tertiary/aromatic N) is 1. The Kier molecular flexibility index (Phi) is 5.66. The molecule has 0 aromatic carbocycles. The fourth-order valence-electron chi connectivity index (χ4n) is 1.62. The van der Waals surface area contributed by atoms with Gasteiger partial charge in [0.2, 0.25) is 0 Å². The van der Waals surface area contributed by atoms with Gasteiger partial charge in [0.25, 0.3) is 0 Å². The minimum Gasteiger partial charge on any atom is -0.468 e. The van der Waals surface area contributed by atoms with E-state index in [1.54, 1.807) is 23.5 Å². The lowest BCUT2D eigenvalue weighted by Gasteiger charge is -2.26. The number of carbonyl (C=O) groups excluding carboxylic acids is 1. The van der Waals surface area contributed by atoms with E-state index in [1.165, 1.54) is 7.11 Å². The van der Waals surface area contributed by atoms with Crippen molar-refractivity contribution in [3.05, 3.63) is 47.7 Å². The van der Waals surface area contributed by atoms with Crippen LogP contribution in [0.5, 0.6) is 0 Å². The van der Waals surface area contributed by atoms with Crippen molar-refractivity contribution in [3.8, 4) is 0 Å². The summed E-state index contributed by atoms with van der Waals surface area (Å²) in [5.41, 5.74) is 0. The van der Waals surface area contributed by atoms with Crippen LogP contribution in [-0.4, -0.2) is 31.1 Å². The van der Waals surface area contributed by atoms with Gasteiger partial charge in [-0.2, -0.15) is 0 Å². The van der Waals surface area contributed by atoms with E-state index < -0.39 is 0 Å². The third kappa shape index (κ3) is 3.54. The Labute approximate surface area is 106 Å². The minimum absolute atomic E-state index is 0.254. The Balaban J connectivity index is 2.98. The Morgan fingerprint density at radius 2 is 2.18 bits per heavy atom. The van der Waals surface area contributed by atoms with Gasteiger partial charge in [-0.25, -0.2) is 4.79 Å². The minimum atomic E-state index is -0.379. The Bertz CT molecular complexity index is 363. The van der Waals surface area contributed by atoms with E-state index in [2.05, 4.69) is 13.2 Å². The van der Waals surface area contributed by atoms with Crippen molar-refractivity contribution in [1.29, 1.82) is 0 Å². The standard InChI is InChI=1S/C13H17NO2S/c1-4-8-14(9-5-2)12(13(15)16-3)11-7-6-10-17-11/h4-7,10,12H,1-2,8-9H2,3H3. The molecule has 4 heteroatoms. The van der Waals surface area contributed by atoms with E-state index in [0.29, 0.717) is 13.1 Å². The van der Waals surface area contributed by atoms with E-state index >= 15 is 0 Å². The van der Waals surface area contributed by atoms with E-state index in [1.807, 2.05) is 22.4 Å². The predicted molar refractivity (Wildman–Crippen MR) is 71.0 cm³/mol. The van der Waals surface area contributed by atoms with Gasteiger partial charge >= 0.3 is 5.97 Å². The maximum Gasteiger partial charge on any atom is 0.328 e. The molecule has 0 bridgehead atoms. The second-order valence-corrected chi connectivity index (χ2v) is 4.45. The average molecular weight is 251 g/mol. The summed E-state index contributed by atoms with van der Waals surface area (Å²) in [6, 6.07) is 3.48. The van der Waals surface area contributed by atoms with Gasteiger partial charge in [-0.15, -0.1) is 24.5 Å². The molecule has 0 radical (unpaired) electrons.